The molecule has 0 aromatic heterocycles. The lowest BCUT2D eigenvalue weighted by atomic mass is 10.2. The van der Waals surface area contributed by atoms with Crippen LogP contribution in [0.25, 0.3) is 0 Å². The molecule has 2 heterocycles. The number of fused-ring (bicyclic) bond motifs is 2. The minimum absolute atomic E-state index is 0.000741. The van der Waals surface area contributed by atoms with Gasteiger partial charge in [0.15, 0.2) is 11.6 Å². The first-order valence-electron chi connectivity index (χ1n) is 5.31. The van der Waals surface area contributed by atoms with Crippen LogP contribution in [0.3, 0.4) is 0 Å². The molecule has 1 aromatic rings. The quantitative estimate of drug-likeness (QED) is 0.743. The van der Waals surface area contributed by atoms with Crippen LogP contribution in [0.2, 0.25) is 0 Å². The number of nitrogen functional groups attached to an aromatic ring is 1. The van der Waals surface area contributed by atoms with Crippen molar-refractivity contribution in [2.24, 2.45) is 0 Å². The second-order valence-corrected chi connectivity index (χ2v) is 4.26. The predicted molar refractivity (Wildman–Crippen MR) is 56.0 cm³/mol. The molecular weight excluding hydrogens is 214 g/mol. The molecule has 2 fully saturated rings. The van der Waals surface area contributed by atoms with E-state index in [0.29, 0.717) is 6.61 Å². The number of anilines is 2. The second-order valence-electron chi connectivity index (χ2n) is 4.26. The topological polar surface area (TPSA) is 38.5 Å². The number of rotatable bonds is 1. The highest BCUT2D eigenvalue weighted by atomic mass is 19.1. The van der Waals surface area contributed by atoms with Gasteiger partial charge in [-0.2, -0.15) is 0 Å². The van der Waals surface area contributed by atoms with Gasteiger partial charge in [0.05, 0.1) is 12.6 Å². The lowest BCUT2D eigenvalue weighted by Gasteiger charge is -2.23. The molecule has 2 aliphatic heterocycles. The van der Waals surface area contributed by atoms with Gasteiger partial charge in [0.25, 0.3) is 0 Å². The van der Waals surface area contributed by atoms with E-state index in [4.69, 9.17) is 10.5 Å². The van der Waals surface area contributed by atoms with E-state index < -0.39 is 11.6 Å². The highest BCUT2D eigenvalue weighted by Gasteiger charge is 2.42. The third kappa shape index (κ3) is 1.28. The highest BCUT2D eigenvalue weighted by molar-refractivity contribution is 5.58. The number of ether oxygens (including phenoxy) is 1. The number of hydrogen-bond acceptors (Lipinski definition) is 3. The average Bonchev–Trinajstić information content (AvgIpc) is 2.77. The second kappa shape index (κ2) is 3.31. The Kier molecular flexibility index (Phi) is 2.04. The molecule has 0 aliphatic carbocycles. The number of benzene rings is 1. The van der Waals surface area contributed by atoms with E-state index in [1.54, 1.807) is 4.90 Å². The van der Waals surface area contributed by atoms with Crippen LogP contribution in [-0.4, -0.2) is 18.9 Å². The SMILES string of the molecule is Nc1cc(F)c(N2C3CCC2OC3)c(F)c1. The fourth-order valence-corrected chi connectivity index (χ4v) is 2.56. The molecule has 0 radical (unpaired) electrons. The summed E-state index contributed by atoms with van der Waals surface area (Å²) < 4.78 is 32.9. The molecule has 3 rings (SSSR count). The minimum Gasteiger partial charge on any atom is -0.399 e. The Bertz CT molecular complexity index is 395. The Morgan fingerprint density at radius 1 is 1.25 bits per heavy atom. The van der Waals surface area contributed by atoms with Crippen molar-refractivity contribution in [3.05, 3.63) is 23.8 Å². The predicted octanol–water partition coefficient (Wildman–Crippen LogP) is 1.87. The Morgan fingerprint density at radius 2 is 1.94 bits per heavy atom. The maximum atomic E-state index is 13.7. The van der Waals surface area contributed by atoms with Crippen LogP contribution in [0.15, 0.2) is 12.1 Å². The van der Waals surface area contributed by atoms with Crippen LogP contribution in [0.5, 0.6) is 0 Å². The van der Waals surface area contributed by atoms with E-state index in [2.05, 4.69) is 0 Å². The Hall–Kier alpha value is -1.36. The molecule has 5 heteroatoms. The molecule has 3 nitrogen and oxygen atoms in total. The van der Waals surface area contributed by atoms with Crippen molar-refractivity contribution in [1.29, 1.82) is 0 Å². The van der Waals surface area contributed by atoms with E-state index in [-0.39, 0.29) is 23.6 Å². The van der Waals surface area contributed by atoms with Crippen LogP contribution in [0.1, 0.15) is 12.8 Å². The van der Waals surface area contributed by atoms with E-state index >= 15 is 0 Å². The molecule has 2 aliphatic rings. The molecule has 2 N–H and O–H groups in total. The van der Waals surface area contributed by atoms with Gasteiger partial charge in [-0.05, 0) is 25.0 Å². The first-order chi connectivity index (χ1) is 7.66. The summed E-state index contributed by atoms with van der Waals surface area (Å²) in [5.74, 6) is -1.22. The van der Waals surface area contributed by atoms with Crippen LogP contribution in [0, 0.1) is 11.6 Å². The third-order valence-electron chi connectivity index (χ3n) is 3.23. The number of nitrogens with zero attached hydrogens (tertiary/aromatic N) is 1. The van der Waals surface area contributed by atoms with Gasteiger partial charge in [-0.1, -0.05) is 0 Å². The highest BCUT2D eigenvalue weighted by Crippen LogP contribution is 2.39. The Balaban J connectivity index is 2.07. The maximum absolute atomic E-state index is 13.7. The van der Waals surface area contributed by atoms with E-state index in [0.717, 1.165) is 25.0 Å². The molecule has 1 aromatic carbocycles. The third-order valence-corrected chi connectivity index (χ3v) is 3.23. The summed E-state index contributed by atoms with van der Waals surface area (Å²) in [5, 5.41) is 0. The van der Waals surface area contributed by atoms with E-state index in [9.17, 15) is 8.78 Å². The van der Waals surface area contributed by atoms with Gasteiger partial charge in [-0.3, -0.25) is 0 Å². The molecule has 2 unspecified atom stereocenters. The normalized spacial score (nSPS) is 27.8. The van der Waals surface area contributed by atoms with Crippen LogP contribution >= 0.6 is 0 Å². The summed E-state index contributed by atoms with van der Waals surface area (Å²) in [6.45, 7) is 0.550. The van der Waals surface area contributed by atoms with Gasteiger partial charge in [-0.15, -0.1) is 0 Å². The smallest absolute Gasteiger partial charge is 0.151 e. The summed E-state index contributed by atoms with van der Waals surface area (Å²) in [4.78, 5) is 1.70. The van der Waals surface area contributed by atoms with E-state index in [1.165, 1.54) is 0 Å². The van der Waals surface area contributed by atoms with Gasteiger partial charge in [-0.25, -0.2) is 8.78 Å². The van der Waals surface area contributed by atoms with Crippen molar-refractivity contribution < 1.29 is 13.5 Å². The van der Waals surface area contributed by atoms with Crippen molar-refractivity contribution in [2.75, 3.05) is 17.2 Å². The molecule has 16 heavy (non-hydrogen) atoms. The van der Waals surface area contributed by atoms with Gasteiger partial charge in [0.2, 0.25) is 0 Å². The summed E-state index contributed by atoms with van der Waals surface area (Å²) >= 11 is 0. The fraction of sp³-hybridized carbons (Fsp3) is 0.455. The average molecular weight is 226 g/mol. The lowest BCUT2D eigenvalue weighted by molar-refractivity contribution is 0.0856. The molecule has 0 saturated carbocycles. The molecule has 2 saturated heterocycles. The first kappa shape index (κ1) is 9.84. The van der Waals surface area contributed by atoms with Crippen LogP contribution in [0.4, 0.5) is 20.2 Å². The number of nitrogens with two attached hydrogens (primary N) is 1. The van der Waals surface area contributed by atoms with Crippen molar-refractivity contribution in [2.45, 2.75) is 25.1 Å². The summed E-state index contributed by atoms with van der Waals surface area (Å²) in [6, 6.07) is 2.39. The zero-order valence-corrected chi connectivity index (χ0v) is 8.62. The van der Waals surface area contributed by atoms with Gasteiger partial charge in [0, 0.05) is 5.69 Å². The first-order valence-corrected chi connectivity index (χ1v) is 5.31. The summed E-state index contributed by atoms with van der Waals surface area (Å²) in [6.07, 6.45) is 1.57. The molecule has 86 valence electrons. The Morgan fingerprint density at radius 3 is 2.38 bits per heavy atom. The van der Waals surface area contributed by atoms with Crippen LogP contribution in [-0.2, 0) is 4.74 Å². The molecule has 0 spiro atoms. The standard InChI is InChI=1S/C11H12F2N2O/c12-8-3-6(14)4-9(13)11(8)15-7-1-2-10(15)16-5-7/h3-4,7,10H,1-2,5,14H2. The maximum Gasteiger partial charge on any atom is 0.151 e. The summed E-state index contributed by atoms with van der Waals surface area (Å²) in [5.41, 5.74) is 5.48. The van der Waals surface area contributed by atoms with Gasteiger partial charge >= 0.3 is 0 Å². The largest absolute Gasteiger partial charge is 0.399 e. The van der Waals surface area contributed by atoms with Crippen molar-refractivity contribution in [3.8, 4) is 0 Å². The molecule has 2 atom stereocenters. The minimum atomic E-state index is -0.611. The Labute approximate surface area is 91.8 Å². The van der Waals surface area contributed by atoms with Crippen molar-refractivity contribution in [1.82, 2.24) is 0 Å². The molecule has 2 bridgehead atoms. The monoisotopic (exact) mass is 226 g/mol. The zero-order valence-electron chi connectivity index (χ0n) is 8.62. The zero-order chi connectivity index (χ0) is 11.3. The fourth-order valence-electron chi connectivity index (χ4n) is 2.56. The summed E-state index contributed by atoms with van der Waals surface area (Å²) in [7, 11) is 0. The van der Waals surface area contributed by atoms with Gasteiger partial charge in [0.1, 0.15) is 11.9 Å². The van der Waals surface area contributed by atoms with Gasteiger partial charge < -0.3 is 15.4 Å². The van der Waals surface area contributed by atoms with Crippen molar-refractivity contribution in [3.63, 3.8) is 0 Å². The van der Waals surface area contributed by atoms with Crippen molar-refractivity contribution >= 4 is 11.4 Å². The van der Waals surface area contributed by atoms with E-state index in [1.807, 2.05) is 0 Å². The number of hydrogen-bond donors (Lipinski definition) is 1. The lowest BCUT2D eigenvalue weighted by Crippen LogP contribution is -2.30. The number of halogens is 2. The molecule has 0 amide bonds. The molecular formula is C11H12F2N2O. The van der Waals surface area contributed by atoms with Crippen LogP contribution < -0.4 is 10.6 Å².